The molecule has 3 heteroatoms. The lowest BCUT2D eigenvalue weighted by Crippen LogP contribution is -2.38. The van der Waals surface area contributed by atoms with Crippen molar-refractivity contribution in [3.05, 3.63) is 107 Å². The van der Waals surface area contributed by atoms with Crippen molar-refractivity contribution in [1.29, 1.82) is 0 Å². The van der Waals surface area contributed by atoms with E-state index in [-0.39, 0.29) is 5.91 Å². The van der Waals surface area contributed by atoms with Gasteiger partial charge < -0.3 is 10.6 Å². The van der Waals surface area contributed by atoms with E-state index in [0.29, 0.717) is 12.5 Å². The van der Waals surface area contributed by atoms with Crippen LogP contribution in [0.2, 0.25) is 0 Å². The van der Waals surface area contributed by atoms with Crippen LogP contribution >= 0.6 is 0 Å². The molecule has 1 fully saturated rings. The number of carbonyl (C=O) groups is 1. The van der Waals surface area contributed by atoms with E-state index in [0.717, 1.165) is 49.9 Å². The maximum Gasteiger partial charge on any atom is 0.254 e. The number of benzene rings is 3. The van der Waals surface area contributed by atoms with Gasteiger partial charge in [0, 0.05) is 25.2 Å². The number of amides is 1. The standard InChI is InChI=1S/C27H30N2O/c28-20-22-9-6-11-25(19-22)23-15-17-29(18-16-23)27(30)26-12-5-4-10-24(26)14-13-21-7-2-1-3-8-21/h1-12,19,23H,13-18,20,28H2. The number of carbonyl (C=O) groups excluding carboxylic acids is 1. The number of aryl methyl sites for hydroxylation is 2. The van der Waals surface area contributed by atoms with E-state index in [9.17, 15) is 4.79 Å². The smallest absolute Gasteiger partial charge is 0.254 e. The molecule has 4 rings (SSSR count). The second-order valence-electron chi connectivity index (χ2n) is 8.16. The third-order valence-corrected chi connectivity index (χ3v) is 6.21. The Balaban J connectivity index is 1.40. The van der Waals surface area contributed by atoms with Crippen LogP contribution in [0.3, 0.4) is 0 Å². The summed E-state index contributed by atoms with van der Waals surface area (Å²) in [6, 6.07) is 27.2. The van der Waals surface area contributed by atoms with Crippen LogP contribution in [-0.2, 0) is 19.4 Å². The number of nitrogens with two attached hydrogens (primary N) is 1. The second-order valence-corrected chi connectivity index (χ2v) is 8.16. The zero-order valence-corrected chi connectivity index (χ0v) is 17.5. The van der Waals surface area contributed by atoms with Gasteiger partial charge in [0.25, 0.3) is 5.91 Å². The van der Waals surface area contributed by atoms with Gasteiger partial charge in [0.1, 0.15) is 0 Å². The average Bonchev–Trinajstić information content (AvgIpc) is 2.83. The highest BCUT2D eigenvalue weighted by Gasteiger charge is 2.25. The summed E-state index contributed by atoms with van der Waals surface area (Å²) < 4.78 is 0. The van der Waals surface area contributed by atoms with Crippen LogP contribution in [0.25, 0.3) is 0 Å². The minimum atomic E-state index is 0.174. The molecule has 0 atom stereocenters. The summed E-state index contributed by atoms with van der Waals surface area (Å²) in [4.78, 5) is 15.3. The molecule has 154 valence electrons. The topological polar surface area (TPSA) is 46.3 Å². The highest BCUT2D eigenvalue weighted by atomic mass is 16.2. The van der Waals surface area contributed by atoms with Gasteiger partial charge in [0.2, 0.25) is 0 Å². The van der Waals surface area contributed by atoms with Crippen molar-refractivity contribution in [2.75, 3.05) is 13.1 Å². The fourth-order valence-electron chi connectivity index (χ4n) is 4.43. The quantitative estimate of drug-likeness (QED) is 0.638. The number of nitrogens with zero attached hydrogens (tertiary/aromatic N) is 1. The molecule has 30 heavy (non-hydrogen) atoms. The van der Waals surface area contributed by atoms with Gasteiger partial charge in [0.05, 0.1) is 0 Å². The second kappa shape index (κ2) is 9.73. The molecular formula is C27H30N2O. The normalized spacial score (nSPS) is 14.6. The lowest BCUT2D eigenvalue weighted by atomic mass is 9.88. The zero-order valence-electron chi connectivity index (χ0n) is 17.5. The lowest BCUT2D eigenvalue weighted by molar-refractivity contribution is 0.0712. The summed E-state index contributed by atoms with van der Waals surface area (Å²) in [5, 5.41) is 0. The van der Waals surface area contributed by atoms with E-state index < -0.39 is 0 Å². The van der Waals surface area contributed by atoms with Crippen LogP contribution in [0.1, 0.15) is 51.4 Å². The molecule has 1 heterocycles. The fraction of sp³-hybridized carbons (Fsp3) is 0.296. The van der Waals surface area contributed by atoms with Crippen molar-refractivity contribution < 1.29 is 4.79 Å². The first kappa shape index (κ1) is 20.4. The van der Waals surface area contributed by atoms with Crippen molar-refractivity contribution in [3.63, 3.8) is 0 Å². The van der Waals surface area contributed by atoms with Crippen molar-refractivity contribution in [2.24, 2.45) is 5.73 Å². The van der Waals surface area contributed by atoms with E-state index in [1.807, 2.05) is 29.2 Å². The third-order valence-electron chi connectivity index (χ3n) is 6.21. The summed E-state index contributed by atoms with van der Waals surface area (Å²) in [7, 11) is 0. The van der Waals surface area contributed by atoms with E-state index in [2.05, 4.69) is 54.6 Å². The summed E-state index contributed by atoms with van der Waals surface area (Å²) in [5.41, 5.74) is 11.6. The lowest BCUT2D eigenvalue weighted by Gasteiger charge is -2.33. The van der Waals surface area contributed by atoms with Crippen molar-refractivity contribution in [1.82, 2.24) is 4.90 Å². The Morgan fingerprint density at radius 2 is 1.53 bits per heavy atom. The Labute approximate surface area is 179 Å². The number of piperidine rings is 1. The number of rotatable bonds is 6. The maximum atomic E-state index is 13.3. The summed E-state index contributed by atoms with van der Waals surface area (Å²) in [5.74, 6) is 0.682. The Kier molecular flexibility index (Phi) is 6.60. The Morgan fingerprint density at radius 3 is 2.30 bits per heavy atom. The SMILES string of the molecule is NCc1cccc(C2CCN(C(=O)c3ccccc3CCc3ccccc3)CC2)c1. The average molecular weight is 399 g/mol. The first-order valence-electron chi connectivity index (χ1n) is 10.9. The number of hydrogen-bond acceptors (Lipinski definition) is 2. The highest BCUT2D eigenvalue weighted by molar-refractivity contribution is 5.95. The molecule has 3 nitrogen and oxygen atoms in total. The van der Waals surface area contributed by atoms with Crippen LogP contribution in [0.15, 0.2) is 78.9 Å². The molecular weight excluding hydrogens is 368 g/mol. The first-order valence-corrected chi connectivity index (χ1v) is 10.9. The molecule has 0 radical (unpaired) electrons. The molecule has 2 N–H and O–H groups in total. The van der Waals surface area contributed by atoms with Gasteiger partial charge in [-0.1, -0.05) is 72.8 Å². The van der Waals surface area contributed by atoms with Crippen LogP contribution in [0.4, 0.5) is 0 Å². The monoisotopic (exact) mass is 398 g/mol. The molecule has 0 spiro atoms. The zero-order chi connectivity index (χ0) is 20.8. The van der Waals surface area contributed by atoms with Crippen LogP contribution in [0, 0.1) is 0 Å². The van der Waals surface area contributed by atoms with Gasteiger partial charge in [0.15, 0.2) is 0 Å². The van der Waals surface area contributed by atoms with Gasteiger partial charge >= 0.3 is 0 Å². The number of hydrogen-bond donors (Lipinski definition) is 1. The maximum absolute atomic E-state index is 13.3. The molecule has 3 aromatic rings. The summed E-state index contributed by atoms with van der Waals surface area (Å²) in [6.45, 7) is 2.19. The van der Waals surface area contributed by atoms with Crippen molar-refractivity contribution >= 4 is 5.91 Å². The van der Waals surface area contributed by atoms with Crippen molar-refractivity contribution in [2.45, 2.75) is 38.1 Å². The molecule has 0 saturated carbocycles. The first-order chi connectivity index (χ1) is 14.7. The number of likely N-dealkylation sites (tertiary alicyclic amines) is 1. The summed E-state index contributed by atoms with van der Waals surface area (Å²) in [6.07, 6.45) is 3.84. The largest absolute Gasteiger partial charge is 0.339 e. The molecule has 3 aromatic carbocycles. The van der Waals surface area contributed by atoms with Gasteiger partial charge in [-0.2, -0.15) is 0 Å². The predicted molar refractivity (Wildman–Crippen MR) is 123 cm³/mol. The molecule has 1 aliphatic heterocycles. The molecule has 1 aliphatic rings. The molecule has 1 amide bonds. The van der Waals surface area contributed by atoms with E-state index in [1.165, 1.54) is 16.7 Å². The molecule has 0 unspecified atom stereocenters. The summed E-state index contributed by atoms with van der Waals surface area (Å²) >= 11 is 0. The highest BCUT2D eigenvalue weighted by Crippen LogP contribution is 2.29. The van der Waals surface area contributed by atoms with Crippen molar-refractivity contribution in [3.8, 4) is 0 Å². The van der Waals surface area contributed by atoms with Gasteiger partial charge in [-0.15, -0.1) is 0 Å². The van der Waals surface area contributed by atoms with Crippen LogP contribution < -0.4 is 5.73 Å². The molecule has 0 aliphatic carbocycles. The van der Waals surface area contributed by atoms with Crippen LogP contribution in [0.5, 0.6) is 0 Å². The van der Waals surface area contributed by atoms with Gasteiger partial charge in [-0.3, -0.25) is 4.79 Å². The fourth-order valence-corrected chi connectivity index (χ4v) is 4.43. The minimum Gasteiger partial charge on any atom is -0.339 e. The molecule has 0 aromatic heterocycles. The molecule has 1 saturated heterocycles. The Hall–Kier alpha value is -2.91. The van der Waals surface area contributed by atoms with E-state index in [1.54, 1.807) is 0 Å². The van der Waals surface area contributed by atoms with Gasteiger partial charge in [-0.25, -0.2) is 0 Å². The predicted octanol–water partition coefficient (Wildman–Crippen LogP) is 4.95. The third kappa shape index (κ3) is 4.80. The van der Waals surface area contributed by atoms with Crippen LogP contribution in [-0.4, -0.2) is 23.9 Å². The van der Waals surface area contributed by atoms with Gasteiger partial charge in [-0.05, 0) is 59.9 Å². The van der Waals surface area contributed by atoms with E-state index in [4.69, 9.17) is 5.73 Å². The minimum absolute atomic E-state index is 0.174. The Morgan fingerprint density at radius 1 is 0.833 bits per heavy atom. The Bertz CT molecular complexity index is 975. The molecule has 0 bridgehead atoms. The van der Waals surface area contributed by atoms with E-state index >= 15 is 0 Å².